The van der Waals surface area contributed by atoms with E-state index in [1.807, 2.05) is 19.1 Å². The molecule has 1 aromatic carbocycles. The van der Waals surface area contributed by atoms with E-state index in [1.165, 1.54) is 23.8 Å². The zero-order chi connectivity index (χ0) is 20.2. The van der Waals surface area contributed by atoms with Gasteiger partial charge in [0, 0.05) is 28.9 Å². The first kappa shape index (κ1) is 19.7. The van der Waals surface area contributed by atoms with Crippen LogP contribution in [0.15, 0.2) is 51.0 Å². The summed E-state index contributed by atoms with van der Waals surface area (Å²) in [6.45, 7) is 4.47. The Kier molecular flexibility index (Phi) is 5.97. The van der Waals surface area contributed by atoms with E-state index >= 15 is 0 Å². The summed E-state index contributed by atoms with van der Waals surface area (Å²) in [4.78, 5) is 27.6. The molecule has 0 radical (unpaired) electrons. The van der Waals surface area contributed by atoms with Crippen molar-refractivity contribution >= 4 is 28.2 Å². The van der Waals surface area contributed by atoms with Crippen molar-refractivity contribution in [3.63, 3.8) is 0 Å². The largest absolute Gasteiger partial charge is 0.484 e. The van der Waals surface area contributed by atoms with Gasteiger partial charge in [0.25, 0.3) is 5.91 Å². The number of rotatable bonds is 7. The van der Waals surface area contributed by atoms with Crippen molar-refractivity contribution < 1.29 is 13.9 Å². The van der Waals surface area contributed by atoms with E-state index in [-0.39, 0.29) is 18.6 Å². The molecule has 1 fully saturated rings. The van der Waals surface area contributed by atoms with Crippen LogP contribution in [0.4, 0.5) is 0 Å². The van der Waals surface area contributed by atoms with Gasteiger partial charge in [-0.2, -0.15) is 0 Å². The molecule has 4 rings (SSSR count). The highest BCUT2D eigenvalue weighted by Gasteiger charge is 2.24. The molecule has 1 aliphatic rings. The van der Waals surface area contributed by atoms with Gasteiger partial charge in [-0.25, -0.2) is 4.79 Å². The third kappa shape index (κ3) is 4.68. The molecule has 152 valence electrons. The van der Waals surface area contributed by atoms with E-state index in [4.69, 9.17) is 9.15 Å². The number of hydrogen-bond acceptors (Lipinski definition) is 6. The summed E-state index contributed by atoms with van der Waals surface area (Å²) < 4.78 is 10.8. The van der Waals surface area contributed by atoms with Crippen molar-refractivity contribution in [2.75, 3.05) is 26.2 Å². The molecule has 0 unspecified atom stereocenters. The van der Waals surface area contributed by atoms with Crippen LogP contribution in [0.1, 0.15) is 29.3 Å². The van der Waals surface area contributed by atoms with Crippen molar-refractivity contribution in [3.8, 4) is 5.75 Å². The maximum Gasteiger partial charge on any atom is 0.336 e. The molecule has 1 N–H and O–H groups in total. The molecule has 1 aliphatic heterocycles. The summed E-state index contributed by atoms with van der Waals surface area (Å²) in [5.41, 5.74) is 0.910. The number of nitrogens with zero attached hydrogens (tertiary/aromatic N) is 1. The Bertz CT molecular complexity index is 1040. The van der Waals surface area contributed by atoms with Gasteiger partial charge < -0.3 is 14.5 Å². The van der Waals surface area contributed by atoms with Gasteiger partial charge in [-0.15, -0.1) is 11.3 Å². The summed E-state index contributed by atoms with van der Waals surface area (Å²) in [6.07, 6.45) is 2.41. The first-order chi connectivity index (χ1) is 14.1. The van der Waals surface area contributed by atoms with Crippen molar-refractivity contribution in [3.05, 3.63) is 62.6 Å². The van der Waals surface area contributed by atoms with Gasteiger partial charge in [-0.1, -0.05) is 6.07 Å². The maximum absolute atomic E-state index is 12.4. The van der Waals surface area contributed by atoms with Crippen molar-refractivity contribution in [2.24, 2.45) is 0 Å². The summed E-state index contributed by atoms with van der Waals surface area (Å²) in [7, 11) is 0. The number of amides is 1. The molecule has 6 nitrogen and oxygen atoms in total. The van der Waals surface area contributed by atoms with Crippen LogP contribution < -0.4 is 15.7 Å². The predicted octanol–water partition coefficient (Wildman–Crippen LogP) is 3.50. The van der Waals surface area contributed by atoms with E-state index in [0.717, 1.165) is 24.0 Å². The Morgan fingerprint density at radius 2 is 2.10 bits per heavy atom. The minimum atomic E-state index is -0.397. The molecule has 29 heavy (non-hydrogen) atoms. The molecule has 1 atom stereocenters. The molecule has 0 spiro atoms. The Morgan fingerprint density at radius 3 is 2.86 bits per heavy atom. The number of carbonyl (C=O) groups is 1. The van der Waals surface area contributed by atoms with Gasteiger partial charge in [0.1, 0.15) is 11.3 Å². The number of nitrogens with one attached hydrogen (secondary N) is 1. The second kappa shape index (κ2) is 8.80. The Balaban J connectivity index is 1.36. The van der Waals surface area contributed by atoms with E-state index in [9.17, 15) is 9.59 Å². The predicted molar refractivity (Wildman–Crippen MR) is 114 cm³/mol. The number of likely N-dealkylation sites (tertiary alicyclic amines) is 1. The van der Waals surface area contributed by atoms with Crippen LogP contribution in [0, 0.1) is 6.92 Å². The number of carbonyl (C=O) groups excluding carboxylic acids is 1. The topological polar surface area (TPSA) is 71.8 Å². The van der Waals surface area contributed by atoms with Crippen molar-refractivity contribution in [1.82, 2.24) is 10.2 Å². The molecule has 3 aromatic rings. The fourth-order valence-corrected chi connectivity index (χ4v) is 4.61. The molecule has 0 bridgehead atoms. The number of ether oxygens (including phenoxy) is 1. The average Bonchev–Trinajstić information content (AvgIpc) is 3.41. The molecular weight excluding hydrogens is 388 g/mol. The monoisotopic (exact) mass is 412 g/mol. The lowest BCUT2D eigenvalue weighted by Crippen LogP contribution is -2.38. The smallest absolute Gasteiger partial charge is 0.336 e. The fraction of sp³-hybridized carbons (Fsp3) is 0.364. The third-order valence-electron chi connectivity index (χ3n) is 5.24. The van der Waals surface area contributed by atoms with E-state index in [2.05, 4.69) is 21.7 Å². The number of aryl methyl sites for hydroxylation is 1. The Morgan fingerprint density at radius 1 is 1.28 bits per heavy atom. The standard InChI is InChI=1S/C22H24N2O4S/c1-15-11-22(26)28-19-12-16(6-7-17(15)19)27-14-21(25)23-13-18(20-5-4-10-29-20)24-8-2-3-9-24/h4-7,10-12,18H,2-3,8-9,13-14H2,1H3,(H,23,25)/t18-/m0/s1. The van der Waals surface area contributed by atoms with Crippen LogP contribution in [0.2, 0.25) is 0 Å². The normalized spacial score (nSPS) is 15.5. The maximum atomic E-state index is 12.4. The molecular formula is C22H24N2O4S. The number of thiophene rings is 1. The van der Waals surface area contributed by atoms with Crippen LogP contribution >= 0.6 is 11.3 Å². The number of fused-ring (bicyclic) bond motifs is 1. The van der Waals surface area contributed by atoms with Gasteiger partial charge >= 0.3 is 5.63 Å². The molecule has 7 heteroatoms. The quantitative estimate of drug-likeness (QED) is 0.602. The van der Waals surface area contributed by atoms with Gasteiger partial charge in [0.15, 0.2) is 6.61 Å². The molecule has 3 heterocycles. The lowest BCUT2D eigenvalue weighted by molar-refractivity contribution is -0.123. The summed E-state index contributed by atoms with van der Waals surface area (Å²) in [5.74, 6) is 0.326. The minimum Gasteiger partial charge on any atom is -0.484 e. The van der Waals surface area contributed by atoms with E-state index in [1.54, 1.807) is 23.5 Å². The molecule has 1 amide bonds. The highest BCUT2D eigenvalue weighted by Crippen LogP contribution is 2.28. The highest BCUT2D eigenvalue weighted by molar-refractivity contribution is 7.10. The van der Waals surface area contributed by atoms with Gasteiger partial charge in [0.05, 0.1) is 6.04 Å². The fourth-order valence-electron chi connectivity index (χ4n) is 3.75. The third-order valence-corrected chi connectivity index (χ3v) is 6.21. The Hall–Kier alpha value is -2.64. The minimum absolute atomic E-state index is 0.0846. The summed E-state index contributed by atoms with van der Waals surface area (Å²) in [5, 5.41) is 5.93. The number of hydrogen-bond donors (Lipinski definition) is 1. The van der Waals surface area contributed by atoms with Crippen molar-refractivity contribution in [1.29, 1.82) is 0 Å². The SMILES string of the molecule is Cc1cc(=O)oc2cc(OCC(=O)NC[C@@H](c3cccs3)N3CCCC3)ccc12. The average molecular weight is 413 g/mol. The zero-order valence-electron chi connectivity index (χ0n) is 16.3. The Labute approximate surface area is 173 Å². The molecule has 0 saturated carbocycles. The highest BCUT2D eigenvalue weighted by atomic mass is 32.1. The second-order valence-corrected chi connectivity index (χ2v) is 8.25. The van der Waals surface area contributed by atoms with Crippen LogP contribution in [0.5, 0.6) is 5.75 Å². The molecule has 1 saturated heterocycles. The van der Waals surface area contributed by atoms with Crippen molar-refractivity contribution in [2.45, 2.75) is 25.8 Å². The van der Waals surface area contributed by atoms with Crippen LogP contribution in [0.25, 0.3) is 11.0 Å². The van der Waals surface area contributed by atoms with Crippen LogP contribution in [-0.2, 0) is 4.79 Å². The van der Waals surface area contributed by atoms with E-state index in [0.29, 0.717) is 17.9 Å². The first-order valence-corrected chi connectivity index (χ1v) is 10.7. The first-order valence-electron chi connectivity index (χ1n) is 9.81. The van der Waals surface area contributed by atoms with Crippen LogP contribution in [0.3, 0.4) is 0 Å². The van der Waals surface area contributed by atoms with E-state index < -0.39 is 5.63 Å². The van der Waals surface area contributed by atoms with Gasteiger partial charge in [-0.05, 0) is 62.0 Å². The second-order valence-electron chi connectivity index (χ2n) is 7.27. The summed E-state index contributed by atoms with van der Waals surface area (Å²) in [6, 6.07) is 11.1. The lowest BCUT2D eigenvalue weighted by atomic mass is 10.1. The van der Waals surface area contributed by atoms with Gasteiger partial charge in [-0.3, -0.25) is 9.69 Å². The lowest BCUT2D eigenvalue weighted by Gasteiger charge is -2.26. The number of benzene rings is 1. The summed E-state index contributed by atoms with van der Waals surface area (Å²) >= 11 is 1.72. The van der Waals surface area contributed by atoms with Crippen LogP contribution in [-0.4, -0.2) is 37.0 Å². The van der Waals surface area contributed by atoms with Gasteiger partial charge in [0.2, 0.25) is 0 Å². The molecule has 2 aromatic heterocycles. The molecule has 0 aliphatic carbocycles. The zero-order valence-corrected chi connectivity index (χ0v) is 17.2.